The Hall–Kier alpha value is -2.38. The highest BCUT2D eigenvalue weighted by Gasteiger charge is 2.61. The Balaban J connectivity index is 1.40. The average molecular weight is 402 g/mol. The van der Waals surface area contributed by atoms with Crippen LogP contribution in [-0.4, -0.2) is 54.6 Å². The SMILES string of the molecule is CN=C1CN(CC23CC2CC(=O)N3)CC1=C(N)C(=O)NCc1ccc(Cl)cc1. The van der Waals surface area contributed by atoms with Gasteiger partial charge < -0.3 is 16.4 Å². The van der Waals surface area contributed by atoms with Gasteiger partial charge in [-0.3, -0.25) is 19.5 Å². The molecule has 3 fully saturated rings. The number of amides is 2. The topological polar surface area (TPSA) is 99.8 Å². The highest BCUT2D eigenvalue weighted by molar-refractivity contribution is 6.30. The lowest BCUT2D eigenvalue weighted by Gasteiger charge is -2.21. The first kappa shape index (κ1) is 19.0. The predicted molar refractivity (Wildman–Crippen MR) is 108 cm³/mol. The highest BCUT2D eigenvalue weighted by Crippen LogP contribution is 2.50. The molecule has 148 valence electrons. The summed E-state index contributed by atoms with van der Waals surface area (Å²) < 4.78 is 0. The summed E-state index contributed by atoms with van der Waals surface area (Å²) in [5.41, 5.74) is 8.85. The Bertz CT molecular complexity index is 879. The van der Waals surface area contributed by atoms with Crippen LogP contribution in [0.1, 0.15) is 18.4 Å². The maximum Gasteiger partial charge on any atom is 0.267 e. The summed E-state index contributed by atoms with van der Waals surface area (Å²) in [5, 5.41) is 6.63. The number of benzene rings is 1. The van der Waals surface area contributed by atoms with Gasteiger partial charge in [-0.15, -0.1) is 0 Å². The molecule has 1 aliphatic carbocycles. The summed E-state index contributed by atoms with van der Waals surface area (Å²) in [5.74, 6) is 0.274. The normalized spacial score (nSPS) is 29.6. The van der Waals surface area contributed by atoms with Crippen molar-refractivity contribution in [2.75, 3.05) is 26.7 Å². The van der Waals surface area contributed by atoms with Crippen LogP contribution in [0.15, 0.2) is 40.5 Å². The van der Waals surface area contributed by atoms with Crippen LogP contribution in [0.3, 0.4) is 0 Å². The van der Waals surface area contributed by atoms with E-state index in [-0.39, 0.29) is 23.1 Å². The molecule has 3 aliphatic rings. The molecule has 2 saturated heterocycles. The molecule has 0 radical (unpaired) electrons. The molecule has 0 aromatic heterocycles. The van der Waals surface area contributed by atoms with Gasteiger partial charge in [0.25, 0.3) is 5.91 Å². The minimum absolute atomic E-state index is 0.0863. The third kappa shape index (κ3) is 3.64. The van der Waals surface area contributed by atoms with Crippen molar-refractivity contribution in [3.05, 3.63) is 46.1 Å². The molecule has 4 rings (SSSR count). The van der Waals surface area contributed by atoms with E-state index in [0.29, 0.717) is 37.0 Å². The molecular weight excluding hydrogens is 378 g/mol. The first-order chi connectivity index (χ1) is 13.4. The van der Waals surface area contributed by atoms with Crippen molar-refractivity contribution in [2.24, 2.45) is 16.6 Å². The van der Waals surface area contributed by atoms with Gasteiger partial charge in [0.1, 0.15) is 5.70 Å². The van der Waals surface area contributed by atoms with Crippen molar-refractivity contribution in [3.8, 4) is 0 Å². The molecule has 8 heteroatoms. The van der Waals surface area contributed by atoms with Gasteiger partial charge in [0.15, 0.2) is 0 Å². The van der Waals surface area contributed by atoms with Crippen molar-refractivity contribution in [1.29, 1.82) is 0 Å². The van der Waals surface area contributed by atoms with E-state index in [1.807, 2.05) is 12.1 Å². The van der Waals surface area contributed by atoms with E-state index in [1.165, 1.54) is 0 Å². The number of fused-ring (bicyclic) bond motifs is 1. The summed E-state index contributed by atoms with van der Waals surface area (Å²) >= 11 is 5.88. The van der Waals surface area contributed by atoms with Gasteiger partial charge in [0, 0.05) is 50.2 Å². The number of likely N-dealkylation sites (tertiary alicyclic amines) is 1. The van der Waals surface area contributed by atoms with Gasteiger partial charge in [-0.1, -0.05) is 23.7 Å². The number of hydrogen-bond donors (Lipinski definition) is 3. The van der Waals surface area contributed by atoms with Gasteiger partial charge in [0.05, 0.1) is 11.3 Å². The smallest absolute Gasteiger partial charge is 0.267 e. The van der Waals surface area contributed by atoms with Crippen LogP contribution in [0.25, 0.3) is 0 Å². The predicted octanol–water partition coefficient (Wildman–Crippen LogP) is 0.834. The van der Waals surface area contributed by atoms with Gasteiger partial charge in [-0.25, -0.2) is 0 Å². The third-order valence-electron chi connectivity index (χ3n) is 5.87. The largest absolute Gasteiger partial charge is 0.394 e. The van der Waals surface area contributed by atoms with E-state index in [2.05, 4.69) is 20.5 Å². The number of carbonyl (C=O) groups excluding carboxylic acids is 2. The second-order valence-electron chi connectivity index (χ2n) is 7.83. The number of hydrogen-bond acceptors (Lipinski definition) is 5. The molecule has 2 heterocycles. The Kier molecular flexibility index (Phi) is 4.89. The van der Waals surface area contributed by atoms with Crippen LogP contribution >= 0.6 is 11.6 Å². The monoisotopic (exact) mass is 401 g/mol. The van der Waals surface area contributed by atoms with Gasteiger partial charge in [-0.05, 0) is 30.0 Å². The molecular formula is C20H24ClN5O2. The zero-order valence-corrected chi connectivity index (χ0v) is 16.6. The number of nitrogens with one attached hydrogen (secondary N) is 2. The zero-order chi connectivity index (χ0) is 19.9. The van der Waals surface area contributed by atoms with E-state index >= 15 is 0 Å². The molecule has 2 aliphatic heterocycles. The zero-order valence-electron chi connectivity index (χ0n) is 15.8. The fraction of sp³-hybridized carbons (Fsp3) is 0.450. The number of nitrogens with two attached hydrogens (primary N) is 1. The second kappa shape index (κ2) is 7.22. The molecule has 2 unspecified atom stereocenters. The van der Waals surface area contributed by atoms with Gasteiger partial charge >= 0.3 is 0 Å². The van der Waals surface area contributed by atoms with E-state index in [9.17, 15) is 9.59 Å². The summed E-state index contributed by atoms with van der Waals surface area (Å²) in [6, 6.07) is 7.30. The van der Waals surface area contributed by atoms with Crippen LogP contribution < -0.4 is 16.4 Å². The fourth-order valence-corrected chi connectivity index (χ4v) is 4.37. The fourth-order valence-electron chi connectivity index (χ4n) is 4.24. The van der Waals surface area contributed by atoms with Gasteiger partial charge in [-0.2, -0.15) is 0 Å². The van der Waals surface area contributed by atoms with Crippen LogP contribution in [-0.2, 0) is 16.1 Å². The summed E-state index contributed by atoms with van der Waals surface area (Å²) in [4.78, 5) is 30.7. The number of carbonyl (C=O) groups is 2. The van der Waals surface area contributed by atoms with E-state index in [1.54, 1.807) is 19.2 Å². The quantitative estimate of drug-likeness (QED) is 0.636. The Morgan fingerprint density at radius 3 is 2.79 bits per heavy atom. The van der Waals surface area contributed by atoms with Crippen LogP contribution in [0.4, 0.5) is 0 Å². The van der Waals surface area contributed by atoms with Crippen LogP contribution in [0.5, 0.6) is 0 Å². The first-order valence-electron chi connectivity index (χ1n) is 9.41. The maximum absolute atomic E-state index is 12.5. The minimum atomic E-state index is -0.301. The molecule has 4 N–H and O–H groups in total. The first-order valence-corrected chi connectivity index (χ1v) is 9.78. The number of nitrogens with zero attached hydrogens (tertiary/aromatic N) is 2. The Morgan fingerprint density at radius 2 is 2.14 bits per heavy atom. The summed E-state index contributed by atoms with van der Waals surface area (Å²) in [6.07, 6.45) is 1.66. The van der Waals surface area contributed by atoms with Crippen molar-refractivity contribution >= 4 is 29.1 Å². The molecule has 7 nitrogen and oxygen atoms in total. The lowest BCUT2D eigenvalue weighted by atomic mass is 10.1. The molecule has 2 amide bonds. The molecule has 28 heavy (non-hydrogen) atoms. The van der Waals surface area contributed by atoms with Crippen molar-refractivity contribution in [2.45, 2.75) is 24.9 Å². The average Bonchev–Trinajstić information content (AvgIpc) is 3.01. The lowest BCUT2D eigenvalue weighted by Crippen LogP contribution is -2.42. The molecule has 1 aromatic rings. The molecule has 1 saturated carbocycles. The molecule has 1 aromatic carbocycles. The van der Waals surface area contributed by atoms with Crippen molar-refractivity contribution in [3.63, 3.8) is 0 Å². The molecule has 2 atom stereocenters. The van der Waals surface area contributed by atoms with Crippen LogP contribution in [0, 0.1) is 5.92 Å². The standard InChI is InChI=1S/C20H24ClN5O2/c1-23-16-10-26(11-20-7-13(20)6-17(27)25-20)9-15(16)18(22)19(28)24-8-12-2-4-14(21)5-3-12/h2-5,13H,6-11,22H2,1H3,(H,24,28)(H,25,27). The molecule has 0 bridgehead atoms. The van der Waals surface area contributed by atoms with E-state index in [0.717, 1.165) is 29.8 Å². The number of rotatable bonds is 5. The number of piperidine rings is 1. The van der Waals surface area contributed by atoms with Gasteiger partial charge in [0.2, 0.25) is 5.91 Å². The van der Waals surface area contributed by atoms with Crippen LogP contribution in [0.2, 0.25) is 5.02 Å². The van der Waals surface area contributed by atoms with Crippen molar-refractivity contribution < 1.29 is 9.59 Å². The summed E-state index contributed by atoms with van der Waals surface area (Å²) in [7, 11) is 1.72. The van der Waals surface area contributed by atoms with E-state index in [4.69, 9.17) is 17.3 Å². The summed E-state index contributed by atoms with van der Waals surface area (Å²) in [6.45, 7) is 2.35. The highest BCUT2D eigenvalue weighted by atomic mass is 35.5. The van der Waals surface area contributed by atoms with Crippen molar-refractivity contribution in [1.82, 2.24) is 15.5 Å². The maximum atomic E-state index is 12.5. The second-order valence-corrected chi connectivity index (χ2v) is 8.26. The lowest BCUT2D eigenvalue weighted by molar-refractivity contribution is -0.120. The molecule has 0 spiro atoms. The minimum Gasteiger partial charge on any atom is -0.394 e. The number of aliphatic imine (C=N–C) groups is 1. The Morgan fingerprint density at radius 1 is 1.39 bits per heavy atom. The Labute approximate surface area is 169 Å². The third-order valence-corrected chi connectivity index (χ3v) is 6.12. The van der Waals surface area contributed by atoms with E-state index < -0.39 is 0 Å². The number of halogens is 1.